The highest BCUT2D eigenvalue weighted by molar-refractivity contribution is 6.31. The van der Waals surface area contributed by atoms with Crippen LogP contribution >= 0.6 is 11.6 Å². The van der Waals surface area contributed by atoms with Gasteiger partial charge in [0.1, 0.15) is 0 Å². The molecule has 1 aromatic rings. The monoisotopic (exact) mass is 294 g/mol. The molecule has 1 aliphatic rings. The highest BCUT2D eigenvalue weighted by atomic mass is 35.5. The van der Waals surface area contributed by atoms with Gasteiger partial charge in [-0.2, -0.15) is 0 Å². The van der Waals surface area contributed by atoms with Crippen molar-refractivity contribution < 1.29 is 4.79 Å². The molecule has 20 heavy (non-hydrogen) atoms. The summed E-state index contributed by atoms with van der Waals surface area (Å²) in [6.07, 6.45) is 2.35. The Bertz CT molecular complexity index is 481. The van der Waals surface area contributed by atoms with Crippen LogP contribution in [0, 0.1) is 6.92 Å². The molecular formula is C16H23ClN2O. The first kappa shape index (κ1) is 15.3. The molecule has 1 aliphatic heterocycles. The number of carbonyl (C=O) groups is 1. The Morgan fingerprint density at radius 2 is 2.25 bits per heavy atom. The molecule has 110 valence electrons. The van der Waals surface area contributed by atoms with Crippen LogP contribution < -0.4 is 5.32 Å². The molecule has 1 heterocycles. The Kier molecular flexibility index (Phi) is 5.06. The van der Waals surface area contributed by atoms with Gasteiger partial charge in [0.15, 0.2) is 0 Å². The van der Waals surface area contributed by atoms with Crippen molar-refractivity contribution in [3.05, 3.63) is 34.3 Å². The van der Waals surface area contributed by atoms with Gasteiger partial charge in [-0.15, -0.1) is 0 Å². The van der Waals surface area contributed by atoms with Gasteiger partial charge < -0.3 is 10.2 Å². The van der Waals surface area contributed by atoms with Gasteiger partial charge in [-0.05, 0) is 63.9 Å². The van der Waals surface area contributed by atoms with E-state index < -0.39 is 0 Å². The van der Waals surface area contributed by atoms with E-state index in [9.17, 15) is 4.79 Å². The van der Waals surface area contributed by atoms with Crippen LogP contribution in [0.3, 0.4) is 0 Å². The molecule has 4 heteroatoms. The van der Waals surface area contributed by atoms with E-state index in [1.807, 2.05) is 24.0 Å². The fraction of sp³-hybridized carbons (Fsp3) is 0.562. The molecule has 0 aromatic heterocycles. The van der Waals surface area contributed by atoms with Crippen molar-refractivity contribution in [3.8, 4) is 0 Å². The highest BCUT2D eigenvalue weighted by Crippen LogP contribution is 2.19. The number of nitrogens with zero attached hydrogens (tertiary/aromatic N) is 1. The number of aryl methyl sites for hydroxylation is 1. The molecule has 1 unspecified atom stereocenters. The summed E-state index contributed by atoms with van der Waals surface area (Å²) < 4.78 is 0. The minimum atomic E-state index is 0.0912. The summed E-state index contributed by atoms with van der Waals surface area (Å²) in [5.41, 5.74) is 1.67. The van der Waals surface area contributed by atoms with E-state index in [-0.39, 0.29) is 11.9 Å². The van der Waals surface area contributed by atoms with E-state index in [2.05, 4.69) is 19.2 Å². The zero-order valence-electron chi connectivity index (χ0n) is 12.4. The minimum Gasteiger partial charge on any atom is -0.335 e. The number of carbonyl (C=O) groups excluding carboxylic acids is 1. The van der Waals surface area contributed by atoms with Crippen molar-refractivity contribution in [2.75, 3.05) is 13.1 Å². The third-order valence-electron chi connectivity index (χ3n) is 3.87. The summed E-state index contributed by atoms with van der Waals surface area (Å²) in [5, 5.41) is 4.16. The molecule has 1 fully saturated rings. The van der Waals surface area contributed by atoms with Crippen LogP contribution in [0.2, 0.25) is 5.02 Å². The van der Waals surface area contributed by atoms with Gasteiger partial charge in [0.25, 0.3) is 5.91 Å². The zero-order chi connectivity index (χ0) is 14.7. The zero-order valence-corrected chi connectivity index (χ0v) is 13.2. The molecule has 1 saturated heterocycles. The normalized spacial score (nSPS) is 18.6. The topological polar surface area (TPSA) is 32.3 Å². The number of benzene rings is 1. The van der Waals surface area contributed by atoms with Gasteiger partial charge in [0.05, 0.1) is 0 Å². The molecule has 3 nitrogen and oxygen atoms in total. The van der Waals surface area contributed by atoms with Crippen molar-refractivity contribution in [2.45, 2.75) is 45.7 Å². The Labute approximate surface area is 126 Å². The second-order valence-electron chi connectivity index (χ2n) is 5.81. The average Bonchev–Trinajstić information content (AvgIpc) is 2.91. The molecule has 1 aromatic carbocycles. The number of hydrogen-bond donors (Lipinski definition) is 1. The van der Waals surface area contributed by atoms with E-state index >= 15 is 0 Å². The van der Waals surface area contributed by atoms with Crippen LogP contribution in [0.4, 0.5) is 0 Å². The number of amides is 1. The highest BCUT2D eigenvalue weighted by Gasteiger charge is 2.24. The number of nitrogens with one attached hydrogen (secondary N) is 1. The molecule has 0 spiro atoms. The van der Waals surface area contributed by atoms with E-state index in [0.717, 1.165) is 30.6 Å². The first-order valence-electron chi connectivity index (χ1n) is 7.29. The predicted molar refractivity (Wildman–Crippen MR) is 83.4 cm³/mol. The lowest BCUT2D eigenvalue weighted by Crippen LogP contribution is -2.44. The van der Waals surface area contributed by atoms with Gasteiger partial charge in [-0.1, -0.05) is 11.6 Å². The van der Waals surface area contributed by atoms with Gasteiger partial charge in [-0.3, -0.25) is 4.79 Å². The molecule has 1 amide bonds. The summed E-state index contributed by atoms with van der Waals surface area (Å²) in [6.45, 7) is 7.89. The number of rotatable bonds is 4. The summed E-state index contributed by atoms with van der Waals surface area (Å²) in [4.78, 5) is 14.6. The second-order valence-corrected chi connectivity index (χ2v) is 6.22. The lowest BCUT2D eigenvalue weighted by molar-refractivity contribution is 0.0689. The average molecular weight is 295 g/mol. The number of hydrogen-bond acceptors (Lipinski definition) is 2. The molecule has 0 bridgehead atoms. The van der Waals surface area contributed by atoms with Gasteiger partial charge >= 0.3 is 0 Å². The molecule has 1 atom stereocenters. The summed E-state index contributed by atoms with van der Waals surface area (Å²) in [6, 6.07) is 6.11. The van der Waals surface area contributed by atoms with Crippen molar-refractivity contribution in [2.24, 2.45) is 0 Å². The lowest BCUT2D eigenvalue weighted by atomic mass is 10.1. The van der Waals surface area contributed by atoms with E-state index in [1.54, 1.807) is 6.07 Å². The minimum absolute atomic E-state index is 0.0912. The van der Waals surface area contributed by atoms with Gasteiger partial charge in [0, 0.05) is 29.2 Å². The molecule has 1 N–H and O–H groups in total. The van der Waals surface area contributed by atoms with Crippen LogP contribution in [0.1, 0.15) is 42.6 Å². The van der Waals surface area contributed by atoms with Crippen molar-refractivity contribution in [1.82, 2.24) is 10.2 Å². The molecular weight excluding hydrogens is 272 g/mol. The van der Waals surface area contributed by atoms with Crippen molar-refractivity contribution >= 4 is 17.5 Å². The lowest BCUT2D eigenvalue weighted by Gasteiger charge is -2.29. The maximum Gasteiger partial charge on any atom is 0.254 e. The first-order valence-corrected chi connectivity index (χ1v) is 7.67. The standard InChI is InChI=1S/C16H23ClN2O/c1-11(2)19(10-14-5-4-8-18-14)16(20)13-6-7-15(17)12(3)9-13/h6-7,9,11,14,18H,4-5,8,10H2,1-3H3. The Morgan fingerprint density at radius 3 is 2.80 bits per heavy atom. The van der Waals surface area contributed by atoms with E-state index in [1.165, 1.54) is 6.42 Å². The summed E-state index contributed by atoms with van der Waals surface area (Å²) >= 11 is 6.03. The fourth-order valence-electron chi connectivity index (χ4n) is 2.62. The molecule has 2 rings (SSSR count). The van der Waals surface area contributed by atoms with E-state index in [0.29, 0.717) is 11.1 Å². The third kappa shape index (κ3) is 3.53. The first-order chi connectivity index (χ1) is 9.49. The van der Waals surface area contributed by atoms with Crippen LogP contribution in [0.25, 0.3) is 0 Å². The largest absolute Gasteiger partial charge is 0.335 e. The maximum absolute atomic E-state index is 12.7. The molecule has 0 radical (unpaired) electrons. The smallest absolute Gasteiger partial charge is 0.254 e. The second kappa shape index (κ2) is 6.59. The van der Waals surface area contributed by atoms with Gasteiger partial charge in [-0.25, -0.2) is 0 Å². The summed E-state index contributed by atoms with van der Waals surface area (Å²) in [7, 11) is 0. The fourth-order valence-corrected chi connectivity index (χ4v) is 2.74. The third-order valence-corrected chi connectivity index (χ3v) is 4.29. The molecule has 0 saturated carbocycles. The van der Waals surface area contributed by atoms with Crippen LogP contribution in [0.15, 0.2) is 18.2 Å². The Morgan fingerprint density at radius 1 is 1.50 bits per heavy atom. The van der Waals surface area contributed by atoms with Crippen LogP contribution in [0.5, 0.6) is 0 Å². The van der Waals surface area contributed by atoms with Crippen LogP contribution in [-0.2, 0) is 0 Å². The van der Waals surface area contributed by atoms with E-state index in [4.69, 9.17) is 11.6 Å². The Balaban J connectivity index is 2.15. The van der Waals surface area contributed by atoms with Crippen LogP contribution in [-0.4, -0.2) is 36.0 Å². The number of halogens is 1. The molecule has 0 aliphatic carbocycles. The maximum atomic E-state index is 12.7. The SMILES string of the molecule is Cc1cc(C(=O)N(CC2CCCN2)C(C)C)ccc1Cl. The van der Waals surface area contributed by atoms with Gasteiger partial charge in [0.2, 0.25) is 0 Å². The summed E-state index contributed by atoms with van der Waals surface area (Å²) in [5.74, 6) is 0.0912. The van der Waals surface area contributed by atoms with Crippen molar-refractivity contribution in [1.29, 1.82) is 0 Å². The Hall–Kier alpha value is -1.06. The predicted octanol–water partition coefficient (Wildman–Crippen LogP) is 3.25. The quantitative estimate of drug-likeness (QED) is 0.924. The van der Waals surface area contributed by atoms with Crippen molar-refractivity contribution in [3.63, 3.8) is 0 Å².